The largest absolute Gasteiger partial charge is 0.293 e. The van der Waals surface area contributed by atoms with E-state index < -0.39 is 5.41 Å². The third kappa shape index (κ3) is 3.03. The van der Waals surface area contributed by atoms with E-state index in [-0.39, 0.29) is 11.8 Å². The number of anilines is 1. The average molecular weight is 363 g/mol. The van der Waals surface area contributed by atoms with Gasteiger partial charge in [-0.15, -0.1) is 28.0 Å². The second kappa shape index (κ2) is 6.18. The van der Waals surface area contributed by atoms with Crippen molar-refractivity contribution in [3.63, 3.8) is 0 Å². The Hall–Kier alpha value is -1.92. The molecule has 1 N–H and O–H groups in total. The molecule has 0 saturated carbocycles. The van der Waals surface area contributed by atoms with Crippen molar-refractivity contribution in [3.8, 4) is 11.3 Å². The number of carbonyl (C=O) groups excluding carboxylic acids is 1. The van der Waals surface area contributed by atoms with Crippen LogP contribution in [0.5, 0.6) is 0 Å². The number of aromatic nitrogens is 3. The van der Waals surface area contributed by atoms with Crippen molar-refractivity contribution in [2.75, 3.05) is 11.2 Å². The Balaban J connectivity index is 1.96. The first-order valence-electron chi connectivity index (χ1n) is 7.61. The van der Waals surface area contributed by atoms with E-state index in [1.807, 2.05) is 5.38 Å². The molecule has 7 heteroatoms. The number of hydrogen-bond acceptors (Lipinski definition) is 4. The normalized spacial score (nSPS) is 11.9. The van der Waals surface area contributed by atoms with Crippen LogP contribution in [0.4, 0.5) is 5.95 Å². The van der Waals surface area contributed by atoms with Crippen LogP contribution in [0, 0.1) is 19.3 Å². The van der Waals surface area contributed by atoms with Gasteiger partial charge in [-0.3, -0.25) is 10.1 Å². The first kappa shape index (κ1) is 16.9. The molecule has 0 unspecified atom stereocenters. The average Bonchev–Trinajstić information content (AvgIpc) is 3.07. The van der Waals surface area contributed by atoms with Crippen molar-refractivity contribution in [2.45, 2.75) is 27.7 Å². The molecule has 0 spiro atoms. The van der Waals surface area contributed by atoms with Crippen LogP contribution in [0.1, 0.15) is 25.0 Å². The Labute approximate surface area is 149 Å². The fraction of sp³-hybridized carbons (Fsp3) is 0.353. The molecule has 0 aliphatic heterocycles. The van der Waals surface area contributed by atoms with E-state index >= 15 is 0 Å². The van der Waals surface area contributed by atoms with Gasteiger partial charge in [-0.1, -0.05) is 23.8 Å². The minimum atomic E-state index is -0.670. The number of aryl methyl sites for hydroxylation is 2. The van der Waals surface area contributed by atoms with Crippen LogP contribution in [-0.4, -0.2) is 26.4 Å². The monoisotopic (exact) mass is 362 g/mol. The fourth-order valence-corrected chi connectivity index (χ4v) is 3.30. The molecule has 3 rings (SSSR count). The molecule has 2 heterocycles. The van der Waals surface area contributed by atoms with Gasteiger partial charge in [-0.25, -0.2) is 4.52 Å². The molecule has 3 aromatic rings. The topological polar surface area (TPSA) is 59.3 Å². The number of rotatable bonds is 4. The number of carbonyl (C=O) groups is 1. The van der Waals surface area contributed by atoms with E-state index in [4.69, 9.17) is 11.6 Å². The van der Waals surface area contributed by atoms with Crippen LogP contribution in [0.25, 0.3) is 16.2 Å². The zero-order valence-electron chi connectivity index (χ0n) is 14.1. The van der Waals surface area contributed by atoms with E-state index in [0.717, 1.165) is 16.2 Å². The summed E-state index contributed by atoms with van der Waals surface area (Å²) in [5.41, 5.74) is 3.81. The maximum absolute atomic E-state index is 12.2. The third-order valence-corrected chi connectivity index (χ3v) is 5.40. The second-order valence-corrected chi connectivity index (χ2v) is 7.64. The van der Waals surface area contributed by atoms with Crippen LogP contribution in [0.15, 0.2) is 23.6 Å². The maximum atomic E-state index is 12.2. The molecule has 1 aromatic carbocycles. The summed E-state index contributed by atoms with van der Waals surface area (Å²) in [6.07, 6.45) is 0. The van der Waals surface area contributed by atoms with Gasteiger partial charge < -0.3 is 0 Å². The lowest BCUT2D eigenvalue weighted by molar-refractivity contribution is -0.123. The molecule has 0 radical (unpaired) electrons. The van der Waals surface area contributed by atoms with Crippen LogP contribution in [-0.2, 0) is 4.79 Å². The molecule has 0 atom stereocenters. The van der Waals surface area contributed by atoms with Crippen molar-refractivity contribution in [3.05, 3.63) is 34.7 Å². The molecule has 0 fully saturated rings. The van der Waals surface area contributed by atoms with E-state index in [0.29, 0.717) is 5.95 Å². The summed E-state index contributed by atoms with van der Waals surface area (Å²) in [7, 11) is 0. The number of hydrogen-bond donors (Lipinski definition) is 1. The molecular weight excluding hydrogens is 344 g/mol. The minimum absolute atomic E-state index is 0.191. The highest BCUT2D eigenvalue weighted by Gasteiger charge is 2.27. The molecule has 0 saturated heterocycles. The van der Waals surface area contributed by atoms with Crippen molar-refractivity contribution in [2.24, 2.45) is 5.41 Å². The summed E-state index contributed by atoms with van der Waals surface area (Å²) < 4.78 is 1.77. The molecular formula is C17H19ClN4OS. The standard InChI is InChI=1S/C17H19ClN4OS/c1-10-5-6-12(11(2)7-10)13-8-24-16-20-15(21-22(13)16)19-14(23)17(3,4)9-18/h5-8H,9H2,1-4H3,(H,19,21,23). The summed E-state index contributed by atoms with van der Waals surface area (Å²) in [4.78, 5) is 17.4. The van der Waals surface area contributed by atoms with Crippen LogP contribution >= 0.6 is 22.9 Å². The smallest absolute Gasteiger partial charge is 0.250 e. The van der Waals surface area contributed by atoms with Crippen molar-refractivity contribution >= 4 is 39.8 Å². The Morgan fingerprint density at radius 1 is 1.38 bits per heavy atom. The molecule has 0 aliphatic rings. The number of nitrogens with zero attached hydrogens (tertiary/aromatic N) is 3. The minimum Gasteiger partial charge on any atom is -0.293 e. The molecule has 1 amide bonds. The lowest BCUT2D eigenvalue weighted by atomic mass is 9.95. The SMILES string of the molecule is Cc1ccc(-c2csc3nc(NC(=O)C(C)(C)CCl)nn23)c(C)c1. The molecule has 24 heavy (non-hydrogen) atoms. The maximum Gasteiger partial charge on any atom is 0.250 e. The summed E-state index contributed by atoms with van der Waals surface area (Å²) in [6.45, 7) is 7.72. The highest BCUT2D eigenvalue weighted by Crippen LogP contribution is 2.29. The van der Waals surface area contributed by atoms with Gasteiger partial charge in [0.2, 0.25) is 16.8 Å². The van der Waals surface area contributed by atoms with Crippen molar-refractivity contribution in [1.29, 1.82) is 0 Å². The van der Waals surface area contributed by atoms with Crippen molar-refractivity contribution < 1.29 is 4.79 Å². The molecule has 126 valence electrons. The summed E-state index contributed by atoms with van der Waals surface area (Å²) in [5, 5.41) is 9.22. The molecule has 0 bridgehead atoms. The van der Waals surface area contributed by atoms with Gasteiger partial charge in [0.15, 0.2) is 0 Å². The molecule has 2 aromatic heterocycles. The summed E-state index contributed by atoms with van der Waals surface area (Å²) in [5.74, 6) is 0.342. The highest BCUT2D eigenvalue weighted by atomic mass is 35.5. The van der Waals surface area contributed by atoms with Crippen LogP contribution in [0.3, 0.4) is 0 Å². The number of benzene rings is 1. The summed E-state index contributed by atoms with van der Waals surface area (Å²) in [6, 6.07) is 6.30. The number of fused-ring (bicyclic) bond motifs is 1. The predicted molar refractivity (Wildman–Crippen MR) is 98.9 cm³/mol. The Morgan fingerprint density at radius 3 is 2.79 bits per heavy atom. The predicted octanol–water partition coefficient (Wildman–Crippen LogP) is 4.28. The van der Waals surface area contributed by atoms with E-state index in [9.17, 15) is 4.79 Å². The Morgan fingerprint density at radius 2 is 2.12 bits per heavy atom. The first-order chi connectivity index (χ1) is 11.3. The Bertz CT molecular complexity index is 913. The zero-order valence-corrected chi connectivity index (χ0v) is 15.6. The number of nitrogens with one attached hydrogen (secondary N) is 1. The van der Waals surface area contributed by atoms with Gasteiger partial charge in [0.25, 0.3) is 0 Å². The number of amides is 1. The van der Waals surface area contributed by atoms with Crippen LogP contribution < -0.4 is 5.32 Å². The lowest BCUT2D eigenvalue weighted by Crippen LogP contribution is -2.32. The van der Waals surface area contributed by atoms with Gasteiger partial charge in [0.05, 0.1) is 11.1 Å². The third-order valence-electron chi connectivity index (χ3n) is 3.91. The number of thiazole rings is 1. The molecule has 0 aliphatic carbocycles. The lowest BCUT2D eigenvalue weighted by Gasteiger charge is -2.18. The van der Waals surface area contributed by atoms with Gasteiger partial charge in [0.1, 0.15) is 0 Å². The highest BCUT2D eigenvalue weighted by molar-refractivity contribution is 7.15. The first-order valence-corrected chi connectivity index (χ1v) is 9.02. The fourth-order valence-electron chi connectivity index (χ4n) is 2.35. The van der Waals surface area contributed by atoms with Gasteiger partial charge >= 0.3 is 0 Å². The number of alkyl halides is 1. The second-order valence-electron chi connectivity index (χ2n) is 6.54. The quantitative estimate of drug-likeness (QED) is 0.705. The summed E-state index contributed by atoms with van der Waals surface area (Å²) >= 11 is 7.34. The zero-order chi connectivity index (χ0) is 17.5. The van der Waals surface area contributed by atoms with E-state index in [1.54, 1.807) is 18.4 Å². The number of halogens is 1. The van der Waals surface area contributed by atoms with E-state index in [2.05, 4.69) is 47.4 Å². The van der Waals surface area contributed by atoms with E-state index in [1.165, 1.54) is 22.5 Å². The van der Waals surface area contributed by atoms with Gasteiger partial charge in [0, 0.05) is 16.8 Å². The Kier molecular flexibility index (Phi) is 4.36. The molecule has 5 nitrogen and oxygen atoms in total. The van der Waals surface area contributed by atoms with Gasteiger partial charge in [-0.2, -0.15) is 4.98 Å². The van der Waals surface area contributed by atoms with Crippen LogP contribution in [0.2, 0.25) is 0 Å². The van der Waals surface area contributed by atoms with Crippen molar-refractivity contribution in [1.82, 2.24) is 14.6 Å². The van der Waals surface area contributed by atoms with Gasteiger partial charge in [-0.05, 0) is 33.3 Å².